The van der Waals surface area contributed by atoms with E-state index in [1.165, 1.54) is 16.9 Å². The van der Waals surface area contributed by atoms with Crippen LogP contribution in [0.3, 0.4) is 0 Å². The van der Waals surface area contributed by atoms with Gasteiger partial charge in [-0.2, -0.15) is 0 Å². The monoisotopic (exact) mass is 413 g/mol. The first-order valence-electron chi connectivity index (χ1n) is 10.2. The van der Waals surface area contributed by atoms with Gasteiger partial charge in [0.05, 0.1) is 7.11 Å². The number of fused-ring (bicyclic) bond motifs is 1. The Morgan fingerprint density at radius 3 is 2.83 bits per heavy atom. The standard InChI is InChI=1S/C22H27N3O3S/c1-14-11-19-17(18(14)13-24-21(27)22-23-8-10-29-22)12-20(26)25(19)9-7-15-3-5-16(28-2)6-4-15/h3-6,8,10,14,17-19H,7,9,11-13H2,1-2H3,(H,24,27)/t14-,17-,18+,19+/m0/s1. The van der Waals surface area contributed by atoms with Crippen molar-refractivity contribution in [3.63, 3.8) is 0 Å². The minimum Gasteiger partial charge on any atom is -0.497 e. The number of aromatic nitrogens is 1. The zero-order chi connectivity index (χ0) is 20.4. The van der Waals surface area contributed by atoms with Crippen LogP contribution in [0.1, 0.15) is 35.1 Å². The Morgan fingerprint density at radius 2 is 2.14 bits per heavy atom. The van der Waals surface area contributed by atoms with Crippen LogP contribution >= 0.6 is 11.3 Å². The van der Waals surface area contributed by atoms with Gasteiger partial charge in [0.15, 0.2) is 5.01 Å². The molecule has 1 aromatic heterocycles. The fraction of sp³-hybridized carbons (Fsp3) is 0.500. The molecule has 4 rings (SSSR count). The van der Waals surface area contributed by atoms with Crippen LogP contribution in [-0.2, 0) is 11.2 Å². The van der Waals surface area contributed by atoms with Crippen molar-refractivity contribution in [1.29, 1.82) is 0 Å². The van der Waals surface area contributed by atoms with Gasteiger partial charge in [-0.1, -0.05) is 19.1 Å². The molecule has 1 N–H and O–H groups in total. The third-order valence-corrected chi connectivity index (χ3v) is 7.22. The van der Waals surface area contributed by atoms with Crippen molar-refractivity contribution in [2.24, 2.45) is 17.8 Å². The van der Waals surface area contributed by atoms with E-state index in [0.29, 0.717) is 35.7 Å². The summed E-state index contributed by atoms with van der Waals surface area (Å²) < 4.78 is 5.21. The molecule has 2 aliphatic rings. The topological polar surface area (TPSA) is 71.5 Å². The van der Waals surface area contributed by atoms with Crippen LogP contribution in [0.25, 0.3) is 0 Å². The lowest BCUT2D eigenvalue weighted by Gasteiger charge is -2.24. The molecule has 154 valence electrons. The van der Waals surface area contributed by atoms with Crippen LogP contribution in [0, 0.1) is 17.8 Å². The Kier molecular flexibility index (Phi) is 5.85. The van der Waals surface area contributed by atoms with E-state index in [0.717, 1.165) is 25.1 Å². The van der Waals surface area contributed by atoms with E-state index in [-0.39, 0.29) is 17.9 Å². The van der Waals surface area contributed by atoms with Crippen molar-refractivity contribution in [1.82, 2.24) is 15.2 Å². The van der Waals surface area contributed by atoms with Crippen LogP contribution < -0.4 is 10.1 Å². The molecule has 6 nitrogen and oxygen atoms in total. The number of amides is 2. The molecule has 1 aliphatic carbocycles. The number of methoxy groups -OCH3 is 1. The van der Waals surface area contributed by atoms with Gasteiger partial charge in [0, 0.05) is 37.1 Å². The zero-order valence-electron chi connectivity index (χ0n) is 16.8. The molecule has 0 radical (unpaired) electrons. The average Bonchev–Trinajstić information content (AvgIpc) is 3.42. The predicted molar refractivity (Wildman–Crippen MR) is 112 cm³/mol. The number of rotatable bonds is 7. The number of carbonyl (C=O) groups is 2. The van der Waals surface area contributed by atoms with Crippen molar-refractivity contribution in [2.45, 2.75) is 32.2 Å². The second kappa shape index (κ2) is 8.53. The SMILES string of the molecule is COc1ccc(CCN2C(=O)C[C@H]3[C@H](CNC(=O)c4nccs4)[C@@H](C)C[C@H]32)cc1. The van der Waals surface area contributed by atoms with Crippen molar-refractivity contribution in [3.8, 4) is 5.75 Å². The second-order valence-corrected chi connectivity index (χ2v) is 8.94. The molecular weight excluding hydrogens is 386 g/mol. The number of carbonyl (C=O) groups excluding carboxylic acids is 2. The summed E-state index contributed by atoms with van der Waals surface area (Å²) in [6.07, 6.45) is 4.09. The zero-order valence-corrected chi connectivity index (χ0v) is 17.7. The molecule has 0 spiro atoms. The number of thiazole rings is 1. The van der Waals surface area contributed by atoms with Crippen LogP contribution in [0.4, 0.5) is 0 Å². The summed E-state index contributed by atoms with van der Waals surface area (Å²) in [6, 6.07) is 8.33. The van der Waals surface area contributed by atoms with Gasteiger partial charge in [-0.15, -0.1) is 11.3 Å². The maximum absolute atomic E-state index is 12.7. The highest BCUT2D eigenvalue weighted by atomic mass is 32.1. The first kappa shape index (κ1) is 19.9. The van der Waals surface area contributed by atoms with Gasteiger partial charge < -0.3 is 15.0 Å². The highest BCUT2D eigenvalue weighted by Crippen LogP contribution is 2.45. The summed E-state index contributed by atoms with van der Waals surface area (Å²) in [5.41, 5.74) is 1.21. The van der Waals surface area contributed by atoms with Crippen molar-refractivity contribution >= 4 is 23.2 Å². The van der Waals surface area contributed by atoms with E-state index in [9.17, 15) is 9.59 Å². The first-order chi connectivity index (χ1) is 14.1. The number of benzene rings is 1. The Labute approximate surface area is 175 Å². The highest BCUT2D eigenvalue weighted by molar-refractivity contribution is 7.11. The van der Waals surface area contributed by atoms with Crippen LogP contribution in [0.15, 0.2) is 35.8 Å². The molecule has 7 heteroatoms. The summed E-state index contributed by atoms with van der Waals surface area (Å²) in [5, 5.41) is 5.34. The Hall–Kier alpha value is -2.41. The van der Waals surface area contributed by atoms with Gasteiger partial charge >= 0.3 is 0 Å². The van der Waals surface area contributed by atoms with E-state index >= 15 is 0 Å². The largest absolute Gasteiger partial charge is 0.497 e. The van der Waals surface area contributed by atoms with Gasteiger partial charge in [-0.25, -0.2) is 4.98 Å². The Bertz CT molecular complexity index is 853. The second-order valence-electron chi connectivity index (χ2n) is 8.04. The third kappa shape index (κ3) is 4.15. The number of hydrogen-bond acceptors (Lipinski definition) is 5. The number of nitrogens with zero attached hydrogens (tertiary/aromatic N) is 2. The number of ether oxygens (including phenoxy) is 1. The quantitative estimate of drug-likeness (QED) is 0.758. The average molecular weight is 414 g/mol. The minimum absolute atomic E-state index is 0.115. The summed E-state index contributed by atoms with van der Waals surface area (Å²) in [4.78, 5) is 31.1. The maximum Gasteiger partial charge on any atom is 0.280 e. The minimum atomic E-state index is -0.115. The molecule has 1 aliphatic heterocycles. The van der Waals surface area contributed by atoms with Crippen LogP contribution in [0.2, 0.25) is 0 Å². The van der Waals surface area contributed by atoms with E-state index in [4.69, 9.17) is 4.74 Å². The van der Waals surface area contributed by atoms with E-state index < -0.39 is 0 Å². The number of nitrogens with one attached hydrogen (secondary N) is 1. The lowest BCUT2D eigenvalue weighted by molar-refractivity contribution is -0.129. The Morgan fingerprint density at radius 1 is 1.34 bits per heavy atom. The normalized spacial score (nSPS) is 25.9. The molecule has 2 fully saturated rings. The molecule has 2 heterocycles. The predicted octanol–water partition coefficient (Wildman–Crippen LogP) is 3.00. The molecule has 4 atom stereocenters. The van der Waals surface area contributed by atoms with E-state index in [2.05, 4.69) is 34.3 Å². The lowest BCUT2D eigenvalue weighted by atomic mass is 9.88. The van der Waals surface area contributed by atoms with Gasteiger partial charge in [-0.05, 0) is 48.3 Å². The molecule has 2 amide bonds. The van der Waals surface area contributed by atoms with Crippen molar-refractivity contribution in [2.75, 3.05) is 20.2 Å². The summed E-state index contributed by atoms with van der Waals surface area (Å²) in [7, 11) is 1.66. The maximum atomic E-state index is 12.7. The molecule has 0 bridgehead atoms. The first-order valence-corrected chi connectivity index (χ1v) is 11.0. The van der Waals surface area contributed by atoms with Gasteiger partial charge in [0.2, 0.25) is 5.91 Å². The molecule has 1 aromatic carbocycles. The number of likely N-dealkylation sites (tertiary alicyclic amines) is 1. The van der Waals surface area contributed by atoms with Crippen molar-refractivity contribution in [3.05, 3.63) is 46.4 Å². The highest BCUT2D eigenvalue weighted by Gasteiger charge is 2.50. The summed E-state index contributed by atoms with van der Waals surface area (Å²) in [5.74, 6) is 2.12. The molecule has 1 saturated heterocycles. The fourth-order valence-corrected chi connectivity index (χ4v) is 5.45. The molecule has 2 aromatic rings. The lowest BCUT2D eigenvalue weighted by Crippen LogP contribution is -2.36. The van der Waals surface area contributed by atoms with Gasteiger partial charge in [-0.3, -0.25) is 9.59 Å². The molecule has 29 heavy (non-hydrogen) atoms. The Balaban J connectivity index is 1.35. The van der Waals surface area contributed by atoms with Crippen molar-refractivity contribution < 1.29 is 14.3 Å². The molecule has 0 unspecified atom stereocenters. The molecule has 1 saturated carbocycles. The van der Waals surface area contributed by atoms with E-state index in [1.54, 1.807) is 18.7 Å². The summed E-state index contributed by atoms with van der Waals surface area (Å²) >= 11 is 1.35. The van der Waals surface area contributed by atoms with Gasteiger partial charge in [0.25, 0.3) is 5.91 Å². The summed E-state index contributed by atoms with van der Waals surface area (Å²) in [6.45, 7) is 3.60. The molecular formula is C22H27N3O3S. The fourth-order valence-electron chi connectivity index (χ4n) is 4.89. The van der Waals surface area contributed by atoms with Crippen LogP contribution in [-0.4, -0.2) is 47.9 Å². The smallest absolute Gasteiger partial charge is 0.280 e. The van der Waals surface area contributed by atoms with Crippen LogP contribution in [0.5, 0.6) is 5.75 Å². The third-order valence-electron chi connectivity index (χ3n) is 6.44. The van der Waals surface area contributed by atoms with Gasteiger partial charge in [0.1, 0.15) is 5.75 Å². The van der Waals surface area contributed by atoms with E-state index in [1.807, 2.05) is 12.1 Å². The number of hydrogen-bond donors (Lipinski definition) is 1.